The van der Waals surface area contributed by atoms with Crippen LogP contribution in [0.15, 0.2) is 17.3 Å². The number of hydrogen-bond acceptors (Lipinski definition) is 5. The Morgan fingerprint density at radius 1 is 1.31 bits per heavy atom. The van der Waals surface area contributed by atoms with Crippen LogP contribution in [0.3, 0.4) is 0 Å². The Labute approximate surface area is 76.9 Å². The molecule has 0 spiro atoms. The van der Waals surface area contributed by atoms with Gasteiger partial charge in [-0.3, -0.25) is 0 Å². The van der Waals surface area contributed by atoms with Crippen LogP contribution in [0.5, 0.6) is 0 Å². The molecule has 2 N–H and O–H groups in total. The summed E-state index contributed by atoms with van der Waals surface area (Å²) in [5.74, 6) is 0.0720. The van der Waals surface area contributed by atoms with Crippen LogP contribution in [-0.4, -0.2) is 23.6 Å². The number of nitrogen functional groups attached to an aromatic ring is 1. The van der Waals surface area contributed by atoms with E-state index in [2.05, 4.69) is 9.97 Å². The molecule has 0 aliphatic heterocycles. The van der Waals surface area contributed by atoms with E-state index in [-0.39, 0.29) is 10.8 Å². The summed E-state index contributed by atoms with van der Waals surface area (Å²) >= 11 is 0. The van der Waals surface area contributed by atoms with Crippen molar-refractivity contribution >= 4 is 15.8 Å². The maximum absolute atomic E-state index is 11.5. The topological polar surface area (TPSA) is 85.9 Å². The molecule has 0 amide bonds. The average Bonchev–Trinajstić information content (AvgIpc) is 2.04. The highest BCUT2D eigenvalue weighted by atomic mass is 32.2. The molecule has 0 unspecified atom stereocenters. The Morgan fingerprint density at radius 2 is 1.77 bits per heavy atom. The fourth-order valence-corrected chi connectivity index (χ4v) is 1.69. The predicted molar refractivity (Wildman–Crippen MR) is 48.8 cm³/mol. The third kappa shape index (κ3) is 1.95. The zero-order valence-electron chi connectivity index (χ0n) is 7.43. The van der Waals surface area contributed by atoms with Crippen molar-refractivity contribution in [2.45, 2.75) is 24.0 Å². The van der Waals surface area contributed by atoms with Gasteiger partial charge in [0.05, 0.1) is 17.6 Å². The Morgan fingerprint density at radius 3 is 2.15 bits per heavy atom. The molecule has 0 saturated heterocycles. The van der Waals surface area contributed by atoms with Crippen molar-refractivity contribution in [3.05, 3.63) is 12.4 Å². The van der Waals surface area contributed by atoms with E-state index in [0.29, 0.717) is 0 Å². The van der Waals surface area contributed by atoms with E-state index in [4.69, 9.17) is 5.73 Å². The maximum atomic E-state index is 11.5. The summed E-state index contributed by atoms with van der Waals surface area (Å²) in [6.07, 6.45) is 2.44. The molecule has 6 heteroatoms. The van der Waals surface area contributed by atoms with Gasteiger partial charge in [0.25, 0.3) is 0 Å². The van der Waals surface area contributed by atoms with E-state index in [1.165, 1.54) is 12.4 Å². The first-order chi connectivity index (χ1) is 5.94. The van der Waals surface area contributed by atoms with Gasteiger partial charge in [-0.2, -0.15) is 0 Å². The van der Waals surface area contributed by atoms with Crippen LogP contribution >= 0.6 is 0 Å². The van der Waals surface area contributed by atoms with Crippen LogP contribution in [0.2, 0.25) is 0 Å². The van der Waals surface area contributed by atoms with Gasteiger partial charge in [-0.25, -0.2) is 18.4 Å². The second-order valence-electron chi connectivity index (χ2n) is 2.87. The second kappa shape index (κ2) is 3.29. The van der Waals surface area contributed by atoms with Crippen LogP contribution in [0, 0.1) is 0 Å². The quantitative estimate of drug-likeness (QED) is 0.740. The molecule has 0 bridgehead atoms. The molecule has 1 aromatic heterocycles. The standard InChI is InChI=1S/C7H11N3O2S/c1-5(2)13(11,12)6-3-9-7(8)10-4-6/h3-5H,1-2H3,(H2,8,9,10). The molecule has 1 rings (SSSR count). The van der Waals surface area contributed by atoms with Crippen LogP contribution < -0.4 is 5.73 Å². The molecule has 0 fully saturated rings. The molecule has 1 heterocycles. The molecule has 0 aromatic carbocycles. The van der Waals surface area contributed by atoms with Gasteiger partial charge in [0, 0.05) is 0 Å². The molecule has 0 radical (unpaired) electrons. The van der Waals surface area contributed by atoms with Crippen molar-refractivity contribution in [1.82, 2.24) is 9.97 Å². The fraction of sp³-hybridized carbons (Fsp3) is 0.429. The lowest BCUT2D eigenvalue weighted by atomic mass is 10.6. The molecule has 72 valence electrons. The number of hydrogen-bond donors (Lipinski definition) is 1. The van der Waals surface area contributed by atoms with Crippen LogP contribution in [0.1, 0.15) is 13.8 Å². The third-order valence-electron chi connectivity index (χ3n) is 1.60. The van der Waals surface area contributed by atoms with Gasteiger partial charge < -0.3 is 5.73 Å². The zero-order valence-corrected chi connectivity index (χ0v) is 8.25. The van der Waals surface area contributed by atoms with Crippen LogP contribution in [0.4, 0.5) is 5.95 Å². The molecular formula is C7H11N3O2S. The molecule has 0 aliphatic carbocycles. The number of aromatic nitrogens is 2. The maximum Gasteiger partial charge on any atom is 0.219 e. The summed E-state index contributed by atoms with van der Waals surface area (Å²) in [7, 11) is -3.27. The van der Waals surface area contributed by atoms with Crippen molar-refractivity contribution in [3.63, 3.8) is 0 Å². The highest BCUT2D eigenvalue weighted by Gasteiger charge is 2.19. The zero-order chi connectivity index (χ0) is 10.1. The van der Waals surface area contributed by atoms with Gasteiger partial charge in [0.2, 0.25) is 5.95 Å². The molecular weight excluding hydrogens is 190 g/mol. The first kappa shape index (κ1) is 9.91. The smallest absolute Gasteiger partial charge is 0.219 e. The molecule has 13 heavy (non-hydrogen) atoms. The van der Waals surface area contributed by atoms with Gasteiger partial charge in [-0.1, -0.05) is 0 Å². The van der Waals surface area contributed by atoms with E-state index in [9.17, 15) is 8.42 Å². The van der Waals surface area contributed by atoms with Crippen molar-refractivity contribution in [2.24, 2.45) is 0 Å². The van der Waals surface area contributed by atoms with E-state index >= 15 is 0 Å². The predicted octanol–water partition coefficient (Wildman–Crippen LogP) is 0.241. The largest absolute Gasteiger partial charge is 0.368 e. The minimum Gasteiger partial charge on any atom is -0.368 e. The average molecular weight is 201 g/mol. The Hall–Kier alpha value is -1.17. The lowest BCUT2D eigenvalue weighted by molar-refractivity contribution is 0.586. The van der Waals surface area contributed by atoms with E-state index in [1.807, 2.05) is 0 Å². The number of sulfone groups is 1. The fourth-order valence-electron chi connectivity index (χ4n) is 0.745. The lowest BCUT2D eigenvalue weighted by Gasteiger charge is -2.05. The highest BCUT2D eigenvalue weighted by molar-refractivity contribution is 7.92. The second-order valence-corrected chi connectivity index (χ2v) is 5.37. The van der Waals surface area contributed by atoms with Gasteiger partial charge in [-0.05, 0) is 13.8 Å². The van der Waals surface area contributed by atoms with Gasteiger partial charge in [0.1, 0.15) is 4.90 Å². The van der Waals surface area contributed by atoms with Crippen LogP contribution in [-0.2, 0) is 9.84 Å². The summed E-state index contributed by atoms with van der Waals surface area (Å²) in [4.78, 5) is 7.34. The Bertz CT molecular complexity index is 383. The van der Waals surface area contributed by atoms with Gasteiger partial charge in [0.15, 0.2) is 9.84 Å². The van der Waals surface area contributed by atoms with Crippen molar-refractivity contribution in [3.8, 4) is 0 Å². The Kier molecular flexibility index (Phi) is 2.51. The number of nitrogens with zero attached hydrogens (tertiary/aromatic N) is 2. The van der Waals surface area contributed by atoms with E-state index in [0.717, 1.165) is 0 Å². The molecule has 0 saturated carbocycles. The van der Waals surface area contributed by atoms with Crippen molar-refractivity contribution in [1.29, 1.82) is 0 Å². The van der Waals surface area contributed by atoms with E-state index in [1.54, 1.807) is 13.8 Å². The highest BCUT2D eigenvalue weighted by Crippen LogP contribution is 2.13. The summed E-state index contributed by atoms with van der Waals surface area (Å²) in [5.41, 5.74) is 5.23. The minimum absolute atomic E-state index is 0.0720. The molecule has 1 aromatic rings. The summed E-state index contributed by atoms with van der Waals surface area (Å²) in [6, 6.07) is 0. The molecule has 0 atom stereocenters. The lowest BCUT2D eigenvalue weighted by Crippen LogP contribution is -2.14. The summed E-state index contributed by atoms with van der Waals surface area (Å²) in [6.45, 7) is 3.21. The summed E-state index contributed by atoms with van der Waals surface area (Å²) in [5, 5.41) is -0.472. The minimum atomic E-state index is -3.27. The van der Waals surface area contributed by atoms with Gasteiger partial charge in [-0.15, -0.1) is 0 Å². The Balaban J connectivity index is 3.17. The monoisotopic (exact) mass is 201 g/mol. The normalized spacial score (nSPS) is 11.9. The number of nitrogens with two attached hydrogens (primary N) is 1. The third-order valence-corrected chi connectivity index (χ3v) is 3.71. The van der Waals surface area contributed by atoms with Crippen molar-refractivity contribution in [2.75, 3.05) is 5.73 Å². The van der Waals surface area contributed by atoms with E-state index < -0.39 is 15.1 Å². The first-order valence-electron chi connectivity index (χ1n) is 3.76. The first-order valence-corrected chi connectivity index (χ1v) is 5.30. The van der Waals surface area contributed by atoms with Gasteiger partial charge >= 0.3 is 0 Å². The SMILES string of the molecule is CC(C)S(=O)(=O)c1cnc(N)nc1. The molecule has 0 aliphatic rings. The van der Waals surface area contributed by atoms with Crippen LogP contribution in [0.25, 0.3) is 0 Å². The molecule has 5 nitrogen and oxygen atoms in total. The summed E-state index contributed by atoms with van der Waals surface area (Å²) < 4.78 is 23.0. The number of rotatable bonds is 2. The number of anilines is 1. The van der Waals surface area contributed by atoms with Crippen molar-refractivity contribution < 1.29 is 8.42 Å².